The average molecular weight is 98.1 g/mol. The SMILES string of the molecule is CCC=C1OC1=O. The molecule has 38 valence electrons. The predicted molar refractivity (Wildman–Crippen MR) is 24.5 cm³/mol. The number of allylic oxidation sites excluding steroid dienone is 1. The highest BCUT2D eigenvalue weighted by molar-refractivity contribution is 6.00. The summed E-state index contributed by atoms with van der Waals surface area (Å²) in [5, 5.41) is 0. The topological polar surface area (TPSA) is 29.6 Å². The van der Waals surface area contributed by atoms with E-state index in [0.29, 0.717) is 5.76 Å². The Labute approximate surface area is 41.8 Å². The van der Waals surface area contributed by atoms with Crippen molar-refractivity contribution in [1.82, 2.24) is 0 Å². The summed E-state index contributed by atoms with van der Waals surface area (Å²) < 4.78 is 4.38. The van der Waals surface area contributed by atoms with E-state index in [2.05, 4.69) is 4.74 Å². The van der Waals surface area contributed by atoms with Crippen molar-refractivity contribution in [1.29, 1.82) is 0 Å². The first-order chi connectivity index (χ1) is 3.34. The molecule has 0 N–H and O–H groups in total. The van der Waals surface area contributed by atoms with Crippen LogP contribution in [0.2, 0.25) is 0 Å². The molecule has 0 saturated carbocycles. The molecule has 0 bridgehead atoms. The van der Waals surface area contributed by atoms with Crippen LogP contribution in [0.5, 0.6) is 0 Å². The van der Waals surface area contributed by atoms with Crippen molar-refractivity contribution in [3.8, 4) is 0 Å². The van der Waals surface area contributed by atoms with Crippen molar-refractivity contribution in [2.24, 2.45) is 0 Å². The van der Waals surface area contributed by atoms with Crippen LogP contribution >= 0.6 is 0 Å². The molecule has 1 aliphatic rings. The largest absolute Gasteiger partial charge is 0.413 e. The molecule has 2 heteroatoms. The van der Waals surface area contributed by atoms with E-state index in [0.717, 1.165) is 6.42 Å². The first-order valence-electron chi connectivity index (χ1n) is 2.27. The Kier molecular flexibility index (Phi) is 0.855. The summed E-state index contributed by atoms with van der Waals surface area (Å²) in [7, 11) is 0. The molecule has 0 aliphatic carbocycles. The highest BCUT2D eigenvalue weighted by Gasteiger charge is 2.28. The van der Waals surface area contributed by atoms with E-state index in [1.165, 1.54) is 0 Å². The molecule has 0 aromatic heterocycles. The summed E-state index contributed by atoms with van der Waals surface area (Å²) in [4.78, 5) is 9.99. The fourth-order valence-corrected chi connectivity index (χ4v) is 0.385. The number of hydrogen-bond acceptors (Lipinski definition) is 2. The predicted octanol–water partition coefficient (Wildman–Crippen LogP) is 0.837. The van der Waals surface area contributed by atoms with Crippen molar-refractivity contribution < 1.29 is 9.53 Å². The Morgan fingerprint density at radius 2 is 2.43 bits per heavy atom. The van der Waals surface area contributed by atoms with Gasteiger partial charge in [0.15, 0.2) is 0 Å². The molecule has 0 atom stereocenters. The third kappa shape index (κ3) is 0.796. The van der Waals surface area contributed by atoms with Crippen LogP contribution < -0.4 is 0 Å². The number of epoxide rings is 1. The second kappa shape index (κ2) is 1.37. The van der Waals surface area contributed by atoms with E-state index in [-0.39, 0.29) is 5.97 Å². The van der Waals surface area contributed by atoms with Crippen LogP contribution in [0.3, 0.4) is 0 Å². The lowest BCUT2D eigenvalue weighted by atomic mass is 10.4. The monoisotopic (exact) mass is 98.0 g/mol. The van der Waals surface area contributed by atoms with Crippen molar-refractivity contribution >= 4 is 5.97 Å². The third-order valence-electron chi connectivity index (χ3n) is 0.752. The zero-order valence-corrected chi connectivity index (χ0v) is 4.10. The highest BCUT2D eigenvalue weighted by Crippen LogP contribution is 2.16. The van der Waals surface area contributed by atoms with Crippen molar-refractivity contribution in [3.63, 3.8) is 0 Å². The van der Waals surface area contributed by atoms with Crippen LogP contribution in [0.25, 0.3) is 0 Å². The van der Waals surface area contributed by atoms with Crippen LogP contribution in [0.4, 0.5) is 0 Å². The minimum absolute atomic E-state index is 0.165. The fraction of sp³-hybridized carbons (Fsp3) is 0.400. The lowest BCUT2D eigenvalue weighted by Crippen LogP contribution is -1.56. The van der Waals surface area contributed by atoms with Gasteiger partial charge in [0.25, 0.3) is 0 Å². The van der Waals surface area contributed by atoms with Crippen LogP contribution in [0.1, 0.15) is 13.3 Å². The third-order valence-corrected chi connectivity index (χ3v) is 0.752. The van der Waals surface area contributed by atoms with Crippen LogP contribution in [0.15, 0.2) is 11.8 Å². The molecule has 1 saturated heterocycles. The molecule has 0 unspecified atom stereocenters. The lowest BCUT2D eigenvalue weighted by Gasteiger charge is -1.62. The normalized spacial score (nSPS) is 22.4. The molecular formula is C5H6O2. The van der Waals surface area contributed by atoms with Gasteiger partial charge in [0.1, 0.15) is 0 Å². The molecule has 1 fully saturated rings. The summed E-state index contributed by atoms with van der Waals surface area (Å²) in [5.41, 5.74) is 0. The van der Waals surface area contributed by atoms with Crippen molar-refractivity contribution in [3.05, 3.63) is 11.8 Å². The van der Waals surface area contributed by atoms with E-state index < -0.39 is 0 Å². The summed E-state index contributed by atoms with van der Waals surface area (Å²) >= 11 is 0. The fourth-order valence-electron chi connectivity index (χ4n) is 0.385. The Morgan fingerprint density at radius 1 is 1.86 bits per heavy atom. The summed E-state index contributed by atoms with van der Waals surface area (Å²) in [6.07, 6.45) is 2.64. The van der Waals surface area contributed by atoms with Crippen molar-refractivity contribution in [2.75, 3.05) is 0 Å². The van der Waals surface area contributed by atoms with Crippen molar-refractivity contribution in [2.45, 2.75) is 13.3 Å². The van der Waals surface area contributed by atoms with E-state index in [1.807, 2.05) is 6.92 Å². The molecule has 7 heavy (non-hydrogen) atoms. The van der Waals surface area contributed by atoms with Crippen LogP contribution in [-0.2, 0) is 9.53 Å². The minimum atomic E-state index is -0.165. The molecule has 2 nitrogen and oxygen atoms in total. The molecule has 0 spiro atoms. The van der Waals surface area contributed by atoms with Gasteiger partial charge in [-0.3, -0.25) is 0 Å². The van der Waals surface area contributed by atoms with E-state index in [4.69, 9.17) is 0 Å². The number of ether oxygens (including phenoxy) is 1. The number of carbonyl (C=O) groups excluding carboxylic acids is 1. The molecule has 1 heterocycles. The van der Waals surface area contributed by atoms with E-state index in [1.54, 1.807) is 6.08 Å². The quantitative estimate of drug-likeness (QED) is 0.359. The molecule has 1 rings (SSSR count). The first-order valence-corrected chi connectivity index (χ1v) is 2.27. The summed E-state index contributed by atoms with van der Waals surface area (Å²) in [6.45, 7) is 1.96. The lowest BCUT2D eigenvalue weighted by molar-refractivity contribution is -0.117. The number of cyclic esters (lactones) is 1. The van der Waals surface area contributed by atoms with Gasteiger partial charge >= 0.3 is 5.97 Å². The van der Waals surface area contributed by atoms with Gasteiger partial charge in [0, 0.05) is 0 Å². The Balaban J connectivity index is 2.44. The van der Waals surface area contributed by atoms with E-state index in [9.17, 15) is 4.79 Å². The smallest absolute Gasteiger partial charge is 0.379 e. The molecule has 0 radical (unpaired) electrons. The molecule has 1 aliphatic heterocycles. The zero-order valence-electron chi connectivity index (χ0n) is 4.10. The number of hydrogen-bond donors (Lipinski definition) is 0. The maximum absolute atomic E-state index is 9.99. The Hall–Kier alpha value is -0.790. The maximum atomic E-state index is 9.99. The molecule has 0 amide bonds. The van der Waals surface area contributed by atoms with Crippen LogP contribution in [0, 0.1) is 0 Å². The van der Waals surface area contributed by atoms with Gasteiger partial charge in [-0.25, -0.2) is 4.79 Å². The zero-order chi connectivity index (χ0) is 5.28. The molecule has 0 aromatic rings. The first kappa shape index (κ1) is 4.37. The van der Waals surface area contributed by atoms with Gasteiger partial charge in [-0.15, -0.1) is 0 Å². The Bertz CT molecular complexity index is 124. The van der Waals surface area contributed by atoms with Crippen LogP contribution in [-0.4, -0.2) is 5.97 Å². The van der Waals surface area contributed by atoms with Gasteiger partial charge in [0.05, 0.1) is 0 Å². The number of rotatable bonds is 1. The highest BCUT2D eigenvalue weighted by atomic mass is 16.6. The second-order valence-electron chi connectivity index (χ2n) is 1.37. The molecule has 0 aromatic carbocycles. The standard InChI is InChI=1S/C5H6O2/c1-2-3-4-5(6)7-4/h3H,2H2,1H3. The van der Waals surface area contributed by atoms with Gasteiger partial charge < -0.3 is 4.74 Å². The minimum Gasteiger partial charge on any atom is -0.413 e. The Morgan fingerprint density at radius 3 is 2.57 bits per heavy atom. The second-order valence-corrected chi connectivity index (χ2v) is 1.37. The van der Waals surface area contributed by atoms with Gasteiger partial charge in [-0.1, -0.05) is 6.92 Å². The average Bonchev–Trinajstić information content (AvgIpc) is 2.22. The van der Waals surface area contributed by atoms with E-state index >= 15 is 0 Å². The summed E-state index contributed by atoms with van der Waals surface area (Å²) in [5.74, 6) is 0.365. The maximum Gasteiger partial charge on any atom is 0.379 e. The van der Waals surface area contributed by atoms with Gasteiger partial charge in [-0.2, -0.15) is 0 Å². The molecular weight excluding hydrogens is 92.1 g/mol. The summed E-state index contributed by atoms with van der Waals surface area (Å²) in [6, 6.07) is 0. The van der Waals surface area contributed by atoms with Gasteiger partial charge in [0.2, 0.25) is 5.76 Å². The van der Waals surface area contributed by atoms with Gasteiger partial charge in [-0.05, 0) is 12.5 Å². The number of carbonyl (C=O) groups is 1.